The Kier molecular flexibility index (Phi) is 4.59. The molecule has 1 N–H and O–H groups in total. The molecule has 0 aromatic rings. The van der Waals surface area contributed by atoms with Crippen LogP contribution >= 0.6 is 0 Å². The number of hydrogen-bond donors (Lipinski definition) is 1. The lowest BCUT2D eigenvalue weighted by atomic mass is 10.2. The molecule has 1 heterocycles. The number of hydrogen-bond acceptors (Lipinski definition) is 3. The van der Waals surface area contributed by atoms with E-state index in [-0.39, 0.29) is 18.0 Å². The maximum absolute atomic E-state index is 12.4. The normalized spacial score (nSPS) is 25.8. The molecular formula is C13H21F3N2O2. The van der Waals surface area contributed by atoms with Crippen LogP contribution < -0.4 is 0 Å². The Bertz CT molecular complexity index is 358. The van der Waals surface area contributed by atoms with Crippen LogP contribution in [0.2, 0.25) is 0 Å². The number of carbonyl (C=O) groups is 1. The molecule has 1 saturated carbocycles. The van der Waals surface area contributed by atoms with Gasteiger partial charge in [-0.25, -0.2) is 0 Å². The van der Waals surface area contributed by atoms with E-state index in [2.05, 4.69) is 0 Å². The molecule has 2 atom stereocenters. The molecule has 2 fully saturated rings. The number of halogens is 3. The maximum atomic E-state index is 12.4. The van der Waals surface area contributed by atoms with Gasteiger partial charge in [-0.3, -0.25) is 9.69 Å². The Hall–Kier alpha value is -0.820. The first-order valence-electron chi connectivity index (χ1n) is 7.05. The van der Waals surface area contributed by atoms with Crippen molar-refractivity contribution in [3.63, 3.8) is 0 Å². The second-order valence-corrected chi connectivity index (χ2v) is 5.75. The van der Waals surface area contributed by atoms with Crippen molar-refractivity contribution in [3.8, 4) is 0 Å². The number of aliphatic hydroxyl groups is 1. The molecule has 0 unspecified atom stereocenters. The van der Waals surface area contributed by atoms with Gasteiger partial charge in [-0.15, -0.1) is 0 Å². The van der Waals surface area contributed by atoms with E-state index >= 15 is 0 Å². The molecule has 20 heavy (non-hydrogen) atoms. The monoisotopic (exact) mass is 294 g/mol. The summed E-state index contributed by atoms with van der Waals surface area (Å²) in [7, 11) is 0. The molecule has 2 rings (SSSR count). The smallest absolute Gasteiger partial charge is 0.382 e. The van der Waals surface area contributed by atoms with E-state index in [0.29, 0.717) is 13.1 Å². The van der Waals surface area contributed by atoms with Crippen LogP contribution in [0.4, 0.5) is 13.2 Å². The summed E-state index contributed by atoms with van der Waals surface area (Å²) >= 11 is 0. The molecule has 0 aromatic carbocycles. The van der Waals surface area contributed by atoms with E-state index in [0.717, 1.165) is 25.7 Å². The van der Waals surface area contributed by atoms with Gasteiger partial charge in [0.2, 0.25) is 5.91 Å². The zero-order chi connectivity index (χ0) is 14.9. The number of likely N-dealkylation sites (tertiary alicyclic amines) is 1. The quantitative estimate of drug-likeness (QED) is 0.833. The highest BCUT2D eigenvalue weighted by Gasteiger charge is 2.42. The highest BCUT2D eigenvalue weighted by atomic mass is 19.4. The van der Waals surface area contributed by atoms with Crippen LogP contribution in [-0.2, 0) is 4.79 Å². The Morgan fingerprint density at radius 3 is 2.55 bits per heavy atom. The van der Waals surface area contributed by atoms with Crippen molar-refractivity contribution in [1.82, 2.24) is 9.80 Å². The highest BCUT2D eigenvalue weighted by Crippen LogP contribution is 2.30. The molecule has 0 aromatic heterocycles. The number of rotatable bonds is 5. The summed E-state index contributed by atoms with van der Waals surface area (Å²) in [5, 5.41) is 9.18. The summed E-state index contributed by atoms with van der Waals surface area (Å²) in [4.78, 5) is 15.0. The van der Waals surface area contributed by atoms with Crippen molar-refractivity contribution >= 4 is 5.91 Å². The minimum absolute atomic E-state index is 0.0179. The van der Waals surface area contributed by atoms with Crippen molar-refractivity contribution in [2.45, 2.75) is 57.0 Å². The fraction of sp³-hybridized carbons (Fsp3) is 0.923. The SMILES string of the molecule is CC(=O)N(C[C@@H]1CCCN1C[C@@H](O)C(F)(F)F)C1CC1. The Balaban J connectivity index is 1.91. The van der Waals surface area contributed by atoms with Gasteiger partial charge in [-0.1, -0.05) is 0 Å². The van der Waals surface area contributed by atoms with Crippen LogP contribution in [0.25, 0.3) is 0 Å². The molecule has 0 radical (unpaired) electrons. The van der Waals surface area contributed by atoms with E-state index < -0.39 is 18.8 Å². The summed E-state index contributed by atoms with van der Waals surface area (Å²) in [6, 6.07) is 0.194. The molecule has 1 amide bonds. The van der Waals surface area contributed by atoms with Gasteiger partial charge < -0.3 is 10.0 Å². The summed E-state index contributed by atoms with van der Waals surface area (Å²) in [5.74, 6) is -0.0179. The van der Waals surface area contributed by atoms with Crippen molar-refractivity contribution in [2.75, 3.05) is 19.6 Å². The number of amides is 1. The van der Waals surface area contributed by atoms with E-state index in [1.54, 1.807) is 9.80 Å². The largest absolute Gasteiger partial charge is 0.415 e. The van der Waals surface area contributed by atoms with E-state index in [1.807, 2.05) is 0 Å². The number of β-amino-alcohol motifs (C(OH)–C–C–N with tert-alkyl or cyclic N) is 1. The second kappa shape index (κ2) is 5.89. The van der Waals surface area contributed by atoms with Crippen LogP contribution in [0, 0.1) is 0 Å². The fourth-order valence-electron chi connectivity index (χ4n) is 2.82. The lowest BCUT2D eigenvalue weighted by molar-refractivity contribution is -0.208. The number of carbonyl (C=O) groups excluding carboxylic acids is 1. The third-order valence-corrected chi connectivity index (χ3v) is 4.08. The van der Waals surface area contributed by atoms with Gasteiger partial charge in [0.25, 0.3) is 0 Å². The molecule has 4 nitrogen and oxygen atoms in total. The van der Waals surface area contributed by atoms with E-state index in [4.69, 9.17) is 0 Å². The number of aliphatic hydroxyl groups excluding tert-OH is 1. The van der Waals surface area contributed by atoms with Crippen LogP contribution in [-0.4, -0.2) is 64.8 Å². The first kappa shape index (κ1) is 15.6. The Morgan fingerprint density at radius 2 is 2.05 bits per heavy atom. The van der Waals surface area contributed by atoms with Gasteiger partial charge >= 0.3 is 6.18 Å². The Morgan fingerprint density at radius 1 is 1.40 bits per heavy atom. The molecule has 1 aliphatic carbocycles. The minimum Gasteiger partial charge on any atom is -0.382 e. The predicted octanol–water partition coefficient (Wildman–Crippen LogP) is 1.38. The van der Waals surface area contributed by atoms with Gasteiger partial charge in [-0.05, 0) is 32.2 Å². The molecular weight excluding hydrogens is 273 g/mol. The number of nitrogens with zero attached hydrogens (tertiary/aromatic N) is 2. The maximum Gasteiger partial charge on any atom is 0.415 e. The first-order chi connectivity index (χ1) is 9.29. The molecule has 7 heteroatoms. The zero-order valence-electron chi connectivity index (χ0n) is 11.6. The first-order valence-corrected chi connectivity index (χ1v) is 7.05. The van der Waals surface area contributed by atoms with Gasteiger partial charge in [-0.2, -0.15) is 13.2 Å². The molecule has 2 aliphatic rings. The third-order valence-electron chi connectivity index (χ3n) is 4.08. The van der Waals surface area contributed by atoms with Gasteiger partial charge in [0.15, 0.2) is 6.10 Å². The molecule has 116 valence electrons. The average Bonchev–Trinajstić information content (AvgIpc) is 3.07. The zero-order valence-corrected chi connectivity index (χ0v) is 11.6. The van der Waals surface area contributed by atoms with Crippen LogP contribution in [0.3, 0.4) is 0 Å². The lowest BCUT2D eigenvalue weighted by Crippen LogP contribution is -2.48. The average molecular weight is 294 g/mol. The summed E-state index contributed by atoms with van der Waals surface area (Å²) in [6.45, 7) is 2.13. The summed E-state index contributed by atoms with van der Waals surface area (Å²) in [6.07, 6.45) is -3.33. The summed E-state index contributed by atoms with van der Waals surface area (Å²) < 4.78 is 37.3. The van der Waals surface area contributed by atoms with Gasteiger partial charge in [0.05, 0.1) is 0 Å². The van der Waals surface area contributed by atoms with Crippen molar-refractivity contribution in [2.24, 2.45) is 0 Å². The van der Waals surface area contributed by atoms with Crippen LogP contribution in [0.5, 0.6) is 0 Å². The predicted molar refractivity (Wildman–Crippen MR) is 67.1 cm³/mol. The van der Waals surface area contributed by atoms with Gasteiger partial charge in [0, 0.05) is 32.1 Å². The standard InChI is InChI=1S/C13H21F3N2O2/c1-9(19)18(10-4-5-10)7-11-3-2-6-17(11)8-12(20)13(14,15)16/h10-12,20H,2-8H2,1H3/t11-,12+/m0/s1. The lowest BCUT2D eigenvalue weighted by Gasteiger charge is -2.32. The Labute approximate surface area is 116 Å². The minimum atomic E-state index is -4.58. The summed E-state index contributed by atoms with van der Waals surface area (Å²) in [5.41, 5.74) is 0. The van der Waals surface area contributed by atoms with E-state index in [9.17, 15) is 23.1 Å². The molecule has 0 bridgehead atoms. The van der Waals surface area contributed by atoms with Gasteiger partial charge in [0.1, 0.15) is 0 Å². The highest BCUT2D eigenvalue weighted by molar-refractivity contribution is 5.74. The molecule has 1 aliphatic heterocycles. The molecule has 1 saturated heterocycles. The number of alkyl halides is 3. The van der Waals surface area contributed by atoms with Crippen molar-refractivity contribution < 1.29 is 23.1 Å². The second-order valence-electron chi connectivity index (χ2n) is 5.75. The van der Waals surface area contributed by atoms with Crippen LogP contribution in [0.1, 0.15) is 32.6 Å². The molecule has 0 spiro atoms. The fourth-order valence-corrected chi connectivity index (χ4v) is 2.82. The van der Waals surface area contributed by atoms with Crippen molar-refractivity contribution in [1.29, 1.82) is 0 Å². The third kappa shape index (κ3) is 3.85. The van der Waals surface area contributed by atoms with E-state index in [1.165, 1.54) is 6.92 Å². The van der Waals surface area contributed by atoms with Crippen LogP contribution in [0.15, 0.2) is 0 Å². The topological polar surface area (TPSA) is 43.8 Å². The van der Waals surface area contributed by atoms with Crippen molar-refractivity contribution in [3.05, 3.63) is 0 Å².